The maximum Gasteiger partial charge on any atom is 0.416 e. The summed E-state index contributed by atoms with van der Waals surface area (Å²) >= 11 is 0. The van der Waals surface area contributed by atoms with Gasteiger partial charge in [0.15, 0.2) is 11.1 Å². The summed E-state index contributed by atoms with van der Waals surface area (Å²) in [6.07, 6.45) is -2.50. The molecular formula is C18H16ClF3N4O4. The van der Waals surface area contributed by atoms with Crippen LogP contribution in [-0.4, -0.2) is 38.1 Å². The van der Waals surface area contributed by atoms with Gasteiger partial charge in [-0.3, -0.25) is 19.5 Å². The molecule has 0 atom stereocenters. The van der Waals surface area contributed by atoms with E-state index in [0.717, 1.165) is 12.1 Å². The second-order valence-electron chi connectivity index (χ2n) is 6.19. The number of fused-ring (bicyclic) bond motifs is 1. The van der Waals surface area contributed by atoms with Gasteiger partial charge in [-0.05, 0) is 30.5 Å². The van der Waals surface area contributed by atoms with Crippen LogP contribution in [0.2, 0.25) is 0 Å². The first-order chi connectivity index (χ1) is 13.7. The summed E-state index contributed by atoms with van der Waals surface area (Å²) < 4.78 is 39.3. The van der Waals surface area contributed by atoms with E-state index in [1.54, 1.807) is 0 Å². The number of hydrogen-bond donors (Lipinski definition) is 3. The van der Waals surface area contributed by atoms with Gasteiger partial charge in [0, 0.05) is 11.8 Å². The van der Waals surface area contributed by atoms with Crippen LogP contribution in [0.5, 0.6) is 0 Å². The van der Waals surface area contributed by atoms with Crippen LogP contribution in [-0.2, 0) is 23.8 Å². The third kappa shape index (κ3) is 4.98. The van der Waals surface area contributed by atoms with Crippen molar-refractivity contribution in [2.24, 2.45) is 0 Å². The summed E-state index contributed by atoms with van der Waals surface area (Å²) in [4.78, 5) is 39.1. The van der Waals surface area contributed by atoms with E-state index < -0.39 is 35.6 Å². The molecule has 2 aromatic heterocycles. The molecule has 30 heavy (non-hydrogen) atoms. The first kappa shape index (κ1) is 22.9. The molecule has 0 aliphatic carbocycles. The third-order valence-electron chi connectivity index (χ3n) is 4.22. The molecule has 0 saturated carbocycles. The zero-order chi connectivity index (χ0) is 21.2. The summed E-state index contributed by atoms with van der Waals surface area (Å²) in [6, 6.07) is 5.92. The fourth-order valence-corrected chi connectivity index (χ4v) is 2.83. The molecule has 12 heteroatoms. The number of aromatic nitrogens is 3. The molecule has 0 aliphatic rings. The van der Waals surface area contributed by atoms with Crippen molar-refractivity contribution in [2.45, 2.75) is 19.0 Å². The molecule has 0 fully saturated rings. The summed E-state index contributed by atoms with van der Waals surface area (Å²) in [5.41, 5.74) is -0.541. The molecule has 0 radical (unpaired) electrons. The number of aliphatic carboxylic acids is 1. The number of nitrogens with zero attached hydrogens (tertiary/aromatic N) is 2. The maximum atomic E-state index is 12.6. The molecule has 160 valence electrons. The second kappa shape index (κ2) is 8.99. The minimum atomic E-state index is -4.41. The van der Waals surface area contributed by atoms with E-state index in [1.807, 2.05) is 0 Å². The zero-order valence-corrected chi connectivity index (χ0v) is 16.0. The number of rotatable bonds is 6. The molecule has 2 heterocycles. The summed E-state index contributed by atoms with van der Waals surface area (Å²) in [7, 11) is 0. The number of carbonyl (C=O) groups is 2. The van der Waals surface area contributed by atoms with Crippen molar-refractivity contribution in [3.8, 4) is 0 Å². The number of carboxylic acid groups (broad SMARTS) is 1. The fourth-order valence-electron chi connectivity index (χ4n) is 2.83. The molecule has 0 spiro atoms. The number of pyridine rings is 1. The number of hydrogen-bond acceptors (Lipinski definition) is 4. The van der Waals surface area contributed by atoms with Gasteiger partial charge in [-0.25, -0.2) is 9.50 Å². The highest BCUT2D eigenvalue weighted by molar-refractivity contribution is 6.00. The molecule has 1 amide bonds. The Morgan fingerprint density at radius 1 is 1.17 bits per heavy atom. The first-order valence-electron chi connectivity index (χ1n) is 8.41. The minimum absolute atomic E-state index is 0. The van der Waals surface area contributed by atoms with Crippen molar-refractivity contribution < 1.29 is 27.9 Å². The van der Waals surface area contributed by atoms with Crippen molar-refractivity contribution in [1.82, 2.24) is 19.9 Å². The van der Waals surface area contributed by atoms with Gasteiger partial charge in [0.05, 0.1) is 5.56 Å². The van der Waals surface area contributed by atoms with Gasteiger partial charge in [0.25, 0.3) is 5.91 Å². The normalized spacial score (nSPS) is 11.2. The number of amides is 1. The average molecular weight is 445 g/mol. The molecule has 0 aliphatic heterocycles. The average Bonchev–Trinajstić information content (AvgIpc) is 3.13. The van der Waals surface area contributed by atoms with Crippen LogP contribution in [0.1, 0.15) is 27.2 Å². The van der Waals surface area contributed by atoms with Gasteiger partial charge in [-0.2, -0.15) is 13.2 Å². The number of alkyl halides is 3. The lowest BCUT2D eigenvalue weighted by Gasteiger charge is -2.10. The monoisotopic (exact) mass is 444 g/mol. The first-order valence-corrected chi connectivity index (χ1v) is 8.41. The van der Waals surface area contributed by atoms with Crippen molar-refractivity contribution in [1.29, 1.82) is 0 Å². The van der Waals surface area contributed by atoms with Crippen LogP contribution >= 0.6 is 12.4 Å². The Morgan fingerprint density at radius 3 is 2.43 bits per heavy atom. The topological polar surface area (TPSA) is 117 Å². The van der Waals surface area contributed by atoms with Gasteiger partial charge in [-0.1, -0.05) is 12.1 Å². The molecule has 0 unspecified atom stereocenters. The Bertz CT molecular complexity index is 1120. The maximum absolute atomic E-state index is 12.6. The second-order valence-corrected chi connectivity index (χ2v) is 6.19. The van der Waals surface area contributed by atoms with Crippen molar-refractivity contribution in [2.75, 3.05) is 6.54 Å². The smallest absolute Gasteiger partial charge is 0.416 e. The van der Waals surface area contributed by atoms with E-state index in [0.29, 0.717) is 24.1 Å². The molecule has 3 aromatic rings. The van der Waals surface area contributed by atoms with E-state index in [2.05, 4.69) is 15.4 Å². The molecule has 8 nitrogen and oxygen atoms in total. The number of benzene rings is 1. The lowest BCUT2D eigenvalue weighted by molar-refractivity contribution is -0.138. The Balaban J connectivity index is 0.00000320. The van der Waals surface area contributed by atoms with Crippen molar-refractivity contribution in [3.63, 3.8) is 0 Å². The van der Waals surface area contributed by atoms with Gasteiger partial charge >= 0.3 is 12.1 Å². The SMILES string of the molecule is Cl.O=C(O)CNC(=O)c1c(=O)cc(CCc2ccc(C(F)(F)F)cc2)n2[nH]cnc12. The summed E-state index contributed by atoms with van der Waals surface area (Å²) in [6.45, 7) is -0.648. The minimum Gasteiger partial charge on any atom is -0.480 e. The summed E-state index contributed by atoms with van der Waals surface area (Å²) in [5.74, 6) is -2.12. The molecule has 3 N–H and O–H groups in total. The van der Waals surface area contributed by atoms with E-state index in [9.17, 15) is 27.6 Å². The van der Waals surface area contributed by atoms with Crippen molar-refractivity contribution in [3.05, 3.63) is 69.3 Å². The predicted octanol–water partition coefficient (Wildman–Crippen LogP) is 2.06. The number of halogens is 4. The number of H-pyrrole nitrogens is 1. The van der Waals surface area contributed by atoms with Gasteiger partial charge in [0.2, 0.25) is 0 Å². The van der Waals surface area contributed by atoms with Crippen molar-refractivity contribution >= 4 is 29.9 Å². The lowest BCUT2D eigenvalue weighted by atomic mass is 10.0. The largest absolute Gasteiger partial charge is 0.480 e. The number of nitrogens with one attached hydrogen (secondary N) is 2. The Morgan fingerprint density at radius 2 is 1.83 bits per heavy atom. The standard InChI is InChI=1S/C18H15F3N4O4.ClH/c19-18(20,21)11-4-1-10(2-5-11)3-6-12-7-13(26)15(16-23-9-24-25(12)16)17(29)22-8-14(27)28;/h1-2,4-5,7,9H,3,6,8H2,(H,22,29)(H,23,24)(H,27,28);1H. The van der Waals surface area contributed by atoms with E-state index in [-0.39, 0.29) is 23.6 Å². The molecular weight excluding hydrogens is 429 g/mol. The van der Waals surface area contributed by atoms with Gasteiger partial charge in [-0.15, -0.1) is 12.4 Å². The van der Waals surface area contributed by atoms with Crippen LogP contribution in [0, 0.1) is 0 Å². The summed E-state index contributed by atoms with van der Waals surface area (Å²) in [5, 5.41) is 13.5. The third-order valence-corrected chi connectivity index (χ3v) is 4.22. The fraction of sp³-hybridized carbons (Fsp3) is 0.222. The number of aryl methyl sites for hydroxylation is 2. The highest BCUT2D eigenvalue weighted by atomic mass is 35.5. The van der Waals surface area contributed by atoms with Crippen LogP contribution < -0.4 is 10.7 Å². The highest BCUT2D eigenvalue weighted by Crippen LogP contribution is 2.29. The molecule has 3 rings (SSSR count). The number of aromatic amines is 1. The Kier molecular flexibility index (Phi) is 6.88. The van der Waals surface area contributed by atoms with Gasteiger partial charge in [0.1, 0.15) is 18.4 Å². The molecule has 0 saturated heterocycles. The number of carbonyl (C=O) groups excluding carboxylic acids is 1. The Labute approximate surface area is 173 Å². The Hall–Kier alpha value is -3.34. The number of carboxylic acids is 1. The van der Waals surface area contributed by atoms with E-state index >= 15 is 0 Å². The van der Waals surface area contributed by atoms with E-state index in [1.165, 1.54) is 29.0 Å². The van der Waals surface area contributed by atoms with Gasteiger partial charge < -0.3 is 10.4 Å². The molecule has 1 aromatic carbocycles. The predicted molar refractivity (Wildman–Crippen MR) is 102 cm³/mol. The van der Waals surface area contributed by atoms with Crippen LogP contribution in [0.3, 0.4) is 0 Å². The van der Waals surface area contributed by atoms with Crippen LogP contribution in [0.15, 0.2) is 41.5 Å². The lowest BCUT2D eigenvalue weighted by Crippen LogP contribution is -2.33. The quantitative estimate of drug-likeness (QED) is 0.538. The van der Waals surface area contributed by atoms with Crippen LogP contribution in [0.25, 0.3) is 5.65 Å². The van der Waals surface area contributed by atoms with Crippen LogP contribution in [0.4, 0.5) is 13.2 Å². The van der Waals surface area contributed by atoms with E-state index in [4.69, 9.17) is 5.11 Å². The highest BCUT2D eigenvalue weighted by Gasteiger charge is 2.29. The zero-order valence-electron chi connectivity index (χ0n) is 15.2. The molecule has 0 bridgehead atoms.